The molecule has 22 heavy (non-hydrogen) atoms. The Labute approximate surface area is 126 Å². The molecule has 0 aliphatic rings. The average molecular weight is 294 g/mol. The summed E-state index contributed by atoms with van der Waals surface area (Å²) in [4.78, 5) is 19.2. The highest BCUT2D eigenvalue weighted by molar-refractivity contribution is 6.01. The summed E-state index contributed by atoms with van der Waals surface area (Å²) in [6, 6.07) is 11.8. The second kappa shape index (κ2) is 5.69. The average Bonchev–Trinajstić information content (AvgIpc) is 3.00. The third kappa shape index (κ3) is 2.80. The number of nitrogens with one attached hydrogen (secondary N) is 2. The van der Waals surface area contributed by atoms with E-state index in [4.69, 9.17) is 0 Å². The third-order valence-corrected chi connectivity index (χ3v) is 3.29. The molecule has 0 saturated carbocycles. The molecule has 0 spiro atoms. The van der Waals surface area contributed by atoms with E-state index >= 15 is 0 Å². The van der Waals surface area contributed by atoms with Crippen molar-refractivity contribution in [1.82, 2.24) is 15.4 Å². The number of benzene rings is 2. The van der Waals surface area contributed by atoms with E-state index in [9.17, 15) is 9.90 Å². The summed E-state index contributed by atoms with van der Waals surface area (Å²) in [7, 11) is 0. The lowest BCUT2D eigenvalue weighted by Gasteiger charge is -2.03. The summed E-state index contributed by atoms with van der Waals surface area (Å²) in [5, 5.41) is 13.3. The van der Waals surface area contributed by atoms with Crippen LogP contribution in [0.4, 0.5) is 0 Å². The minimum Gasteiger partial charge on any atom is -0.508 e. The number of H-pyrrole nitrogens is 1. The number of imidazole rings is 1. The molecule has 3 aromatic rings. The number of phenolic OH excluding ortho intramolecular Hbond substituents is 1. The first kappa shape index (κ1) is 13.8. The lowest BCUT2D eigenvalue weighted by molar-refractivity contribution is 0.0955. The number of fused-ring (bicyclic) bond motifs is 1. The second-order valence-electron chi connectivity index (χ2n) is 4.82. The topological polar surface area (TPSA) is 90.4 Å². The minimum atomic E-state index is -0.297. The Bertz CT molecular complexity index is 850. The van der Waals surface area contributed by atoms with Crippen LogP contribution in [0.3, 0.4) is 0 Å². The number of aromatic amines is 1. The molecule has 0 saturated heterocycles. The standard InChI is InChI=1S/C16H14N4O2/c1-10(11-2-5-13(21)6-3-11)19-20-16(22)12-4-7-14-15(8-12)18-9-17-14/h2-9,21H,1H3,(H,17,18)(H,20,22). The van der Waals surface area contributed by atoms with Crippen LogP contribution in [0, 0.1) is 0 Å². The lowest BCUT2D eigenvalue weighted by Crippen LogP contribution is -2.19. The van der Waals surface area contributed by atoms with Gasteiger partial charge in [-0.1, -0.05) is 0 Å². The van der Waals surface area contributed by atoms with Crippen molar-refractivity contribution in [3.8, 4) is 5.75 Å². The fourth-order valence-electron chi connectivity index (χ4n) is 2.04. The molecule has 1 amide bonds. The Morgan fingerprint density at radius 3 is 2.68 bits per heavy atom. The summed E-state index contributed by atoms with van der Waals surface area (Å²) >= 11 is 0. The zero-order valence-electron chi connectivity index (χ0n) is 11.9. The summed E-state index contributed by atoms with van der Waals surface area (Å²) < 4.78 is 0. The SMILES string of the molecule is CC(=NNC(=O)c1ccc2nc[nH]c2c1)c1ccc(O)cc1. The molecule has 3 rings (SSSR count). The Kier molecular flexibility index (Phi) is 3.57. The van der Waals surface area contributed by atoms with Gasteiger partial charge in [-0.25, -0.2) is 10.4 Å². The van der Waals surface area contributed by atoms with Gasteiger partial charge in [0.25, 0.3) is 5.91 Å². The minimum absolute atomic E-state index is 0.188. The molecule has 0 aliphatic carbocycles. The van der Waals surface area contributed by atoms with E-state index in [2.05, 4.69) is 20.5 Å². The first-order chi connectivity index (χ1) is 10.6. The Hall–Kier alpha value is -3.15. The molecule has 3 N–H and O–H groups in total. The number of carbonyl (C=O) groups is 1. The molecule has 1 heterocycles. The Morgan fingerprint density at radius 2 is 1.91 bits per heavy atom. The van der Waals surface area contributed by atoms with Crippen molar-refractivity contribution >= 4 is 22.7 Å². The smallest absolute Gasteiger partial charge is 0.271 e. The van der Waals surface area contributed by atoms with Gasteiger partial charge < -0.3 is 10.1 Å². The fourth-order valence-corrected chi connectivity index (χ4v) is 2.04. The zero-order valence-corrected chi connectivity index (χ0v) is 11.9. The number of carbonyl (C=O) groups excluding carboxylic acids is 1. The van der Waals surface area contributed by atoms with Gasteiger partial charge in [0, 0.05) is 5.56 Å². The van der Waals surface area contributed by atoms with Gasteiger partial charge in [-0.3, -0.25) is 4.79 Å². The van der Waals surface area contributed by atoms with Crippen LogP contribution >= 0.6 is 0 Å². The van der Waals surface area contributed by atoms with Crippen LogP contribution in [-0.2, 0) is 0 Å². The number of nitrogens with zero attached hydrogens (tertiary/aromatic N) is 2. The van der Waals surface area contributed by atoms with Crippen LogP contribution in [0.2, 0.25) is 0 Å². The molecule has 6 nitrogen and oxygen atoms in total. The maximum Gasteiger partial charge on any atom is 0.271 e. The number of aromatic nitrogens is 2. The van der Waals surface area contributed by atoms with Crippen LogP contribution in [-0.4, -0.2) is 26.7 Å². The van der Waals surface area contributed by atoms with Crippen molar-refractivity contribution < 1.29 is 9.90 Å². The van der Waals surface area contributed by atoms with Crippen LogP contribution in [0.1, 0.15) is 22.8 Å². The van der Waals surface area contributed by atoms with Crippen LogP contribution in [0.25, 0.3) is 11.0 Å². The predicted molar refractivity (Wildman–Crippen MR) is 83.9 cm³/mol. The van der Waals surface area contributed by atoms with Gasteiger partial charge in [-0.15, -0.1) is 0 Å². The van der Waals surface area contributed by atoms with Gasteiger partial charge in [-0.05, 0) is 55.0 Å². The maximum atomic E-state index is 12.1. The number of hydrazone groups is 1. The summed E-state index contributed by atoms with van der Waals surface area (Å²) in [5.74, 6) is -0.108. The lowest BCUT2D eigenvalue weighted by atomic mass is 10.1. The van der Waals surface area contributed by atoms with Crippen molar-refractivity contribution in [2.24, 2.45) is 5.10 Å². The molecule has 0 aliphatic heterocycles. The summed E-state index contributed by atoms with van der Waals surface area (Å²) in [6.45, 7) is 1.78. The van der Waals surface area contributed by atoms with Gasteiger partial charge in [-0.2, -0.15) is 5.10 Å². The highest BCUT2D eigenvalue weighted by atomic mass is 16.3. The largest absolute Gasteiger partial charge is 0.508 e. The molecule has 110 valence electrons. The van der Waals surface area contributed by atoms with E-state index < -0.39 is 0 Å². The molecule has 1 aromatic heterocycles. The van der Waals surface area contributed by atoms with Gasteiger partial charge in [0.1, 0.15) is 5.75 Å². The molecule has 0 atom stereocenters. The van der Waals surface area contributed by atoms with Gasteiger partial charge in [0.15, 0.2) is 0 Å². The first-order valence-corrected chi connectivity index (χ1v) is 6.70. The highest BCUT2D eigenvalue weighted by Gasteiger charge is 2.07. The molecule has 0 unspecified atom stereocenters. The highest BCUT2D eigenvalue weighted by Crippen LogP contribution is 2.12. The second-order valence-corrected chi connectivity index (χ2v) is 4.82. The van der Waals surface area contributed by atoms with Gasteiger partial charge >= 0.3 is 0 Å². The molecular formula is C16H14N4O2. The van der Waals surface area contributed by atoms with E-state index in [0.717, 1.165) is 16.6 Å². The van der Waals surface area contributed by atoms with E-state index in [1.165, 1.54) is 0 Å². The molecule has 2 aromatic carbocycles. The van der Waals surface area contributed by atoms with Crippen molar-refractivity contribution in [3.63, 3.8) is 0 Å². The summed E-state index contributed by atoms with van der Waals surface area (Å²) in [5.41, 5.74) is 6.09. The van der Waals surface area contributed by atoms with Crippen molar-refractivity contribution in [2.75, 3.05) is 0 Å². The number of phenols is 1. The zero-order chi connectivity index (χ0) is 15.5. The van der Waals surface area contributed by atoms with Crippen LogP contribution < -0.4 is 5.43 Å². The molecule has 0 bridgehead atoms. The fraction of sp³-hybridized carbons (Fsp3) is 0.0625. The first-order valence-electron chi connectivity index (χ1n) is 6.70. The number of aromatic hydroxyl groups is 1. The van der Waals surface area contributed by atoms with E-state index in [-0.39, 0.29) is 11.7 Å². The maximum absolute atomic E-state index is 12.1. The predicted octanol–water partition coefficient (Wildman–Crippen LogP) is 2.42. The number of amides is 1. The monoisotopic (exact) mass is 294 g/mol. The molecule has 0 radical (unpaired) electrons. The van der Waals surface area contributed by atoms with E-state index in [1.54, 1.807) is 55.7 Å². The van der Waals surface area contributed by atoms with E-state index in [1.807, 2.05) is 0 Å². The summed E-state index contributed by atoms with van der Waals surface area (Å²) in [6.07, 6.45) is 1.58. The third-order valence-electron chi connectivity index (χ3n) is 3.29. The van der Waals surface area contributed by atoms with Gasteiger partial charge in [0.2, 0.25) is 0 Å². The van der Waals surface area contributed by atoms with E-state index in [0.29, 0.717) is 11.3 Å². The quantitative estimate of drug-likeness (QED) is 0.512. The molecule has 6 heteroatoms. The van der Waals surface area contributed by atoms with Gasteiger partial charge in [0.05, 0.1) is 23.1 Å². The number of rotatable bonds is 3. The number of hydrogen-bond donors (Lipinski definition) is 3. The Balaban J connectivity index is 1.75. The Morgan fingerprint density at radius 1 is 1.18 bits per heavy atom. The van der Waals surface area contributed by atoms with Crippen molar-refractivity contribution in [2.45, 2.75) is 6.92 Å². The normalized spacial score (nSPS) is 11.6. The number of hydrogen-bond acceptors (Lipinski definition) is 4. The van der Waals surface area contributed by atoms with Crippen LogP contribution in [0.15, 0.2) is 53.9 Å². The molecular weight excluding hydrogens is 280 g/mol. The van der Waals surface area contributed by atoms with Crippen LogP contribution in [0.5, 0.6) is 5.75 Å². The molecule has 0 fully saturated rings. The van der Waals surface area contributed by atoms with Crippen molar-refractivity contribution in [1.29, 1.82) is 0 Å². The van der Waals surface area contributed by atoms with Crippen molar-refractivity contribution in [3.05, 3.63) is 59.9 Å².